The Labute approximate surface area is 215 Å². The summed E-state index contributed by atoms with van der Waals surface area (Å²) >= 11 is 0. The first-order valence-electron chi connectivity index (χ1n) is 12.3. The van der Waals surface area contributed by atoms with Gasteiger partial charge in [0.05, 0.1) is 23.8 Å². The van der Waals surface area contributed by atoms with Gasteiger partial charge in [0.1, 0.15) is 0 Å². The molecule has 4 atom stereocenters. The van der Waals surface area contributed by atoms with Crippen molar-refractivity contribution in [3.63, 3.8) is 0 Å². The van der Waals surface area contributed by atoms with Crippen LogP contribution in [-0.2, 0) is 26.7 Å². The number of anilines is 1. The first kappa shape index (κ1) is 27.4. The Kier molecular flexibility index (Phi) is 7.33. The van der Waals surface area contributed by atoms with Crippen molar-refractivity contribution in [2.24, 2.45) is 5.92 Å². The maximum absolute atomic E-state index is 14.1. The predicted molar refractivity (Wildman–Crippen MR) is 135 cm³/mol. The number of carbonyl (C=O) groups excluding carboxylic acids is 1. The second-order valence-electron chi connectivity index (χ2n) is 10.7. The predicted octanol–water partition coefficient (Wildman–Crippen LogP) is 4.18. The molecule has 1 amide bonds. The van der Waals surface area contributed by atoms with E-state index in [0.717, 1.165) is 19.7 Å². The molecule has 1 heterocycles. The van der Waals surface area contributed by atoms with Crippen LogP contribution in [0.3, 0.4) is 0 Å². The number of nitrogens with zero attached hydrogens (tertiary/aromatic N) is 2. The molecule has 0 spiro atoms. The molecule has 2 aliphatic carbocycles. The Morgan fingerprint density at radius 3 is 2.46 bits per heavy atom. The number of amides is 1. The number of hydrogen-bond acceptors (Lipinski definition) is 5. The topological polar surface area (TPSA) is 91.4 Å². The van der Waals surface area contributed by atoms with Crippen LogP contribution in [0.2, 0.25) is 0 Å². The summed E-state index contributed by atoms with van der Waals surface area (Å²) in [6.07, 6.45) is -0.659. The first-order valence-corrected chi connectivity index (χ1v) is 14.2. The molecule has 0 aliphatic heterocycles. The molecule has 0 radical (unpaired) electrons. The molecule has 2 unspecified atom stereocenters. The number of pyridine rings is 1. The van der Waals surface area contributed by atoms with E-state index < -0.39 is 40.1 Å². The van der Waals surface area contributed by atoms with Crippen molar-refractivity contribution in [3.8, 4) is 0 Å². The van der Waals surface area contributed by atoms with Crippen LogP contribution in [0, 0.1) is 5.92 Å². The summed E-state index contributed by atoms with van der Waals surface area (Å²) in [6, 6.07) is 8.45. The van der Waals surface area contributed by atoms with Crippen LogP contribution >= 0.6 is 0 Å². The van der Waals surface area contributed by atoms with Crippen molar-refractivity contribution < 1.29 is 26.4 Å². The normalized spacial score (nSPS) is 23.9. The molecule has 37 heavy (non-hydrogen) atoms. The number of hydrogen-bond donors (Lipinski definition) is 2. The standard InChI is InChI=1S/C26H33F3N4O3S/c1-25(2)20-8-6-5-7-16(20)14-22(25)31-19-11-12-21(30-15-19)23(26(27,28)29)33(3)24(34)17-9-10-18(13-17)32-37(4,35)36/h5-8,11-12,15,17-18,22-23,31-32H,9-10,13-14H2,1-4H3/t17?,18?,22-,23-/m0/s1. The fourth-order valence-corrected chi connectivity index (χ4v) is 6.51. The van der Waals surface area contributed by atoms with Crippen molar-refractivity contribution in [1.82, 2.24) is 14.6 Å². The van der Waals surface area contributed by atoms with Gasteiger partial charge in [-0.05, 0) is 48.9 Å². The van der Waals surface area contributed by atoms with Gasteiger partial charge in [0.15, 0.2) is 6.04 Å². The van der Waals surface area contributed by atoms with E-state index in [2.05, 4.69) is 41.0 Å². The number of halogens is 3. The van der Waals surface area contributed by atoms with E-state index in [0.29, 0.717) is 23.4 Å². The second kappa shape index (κ2) is 9.90. The van der Waals surface area contributed by atoms with Crippen molar-refractivity contribution in [2.75, 3.05) is 18.6 Å². The molecule has 11 heteroatoms. The monoisotopic (exact) mass is 538 g/mol. The summed E-state index contributed by atoms with van der Waals surface area (Å²) < 4.78 is 67.8. The van der Waals surface area contributed by atoms with Gasteiger partial charge < -0.3 is 10.2 Å². The molecule has 2 aliphatic rings. The second-order valence-corrected chi connectivity index (χ2v) is 12.5. The number of nitrogens with one attached hydrogen (secondary N) is 2. The van der Waals surface area contributed by atoms with Crippen LogP contribution < -0.4 is 10.0 Å². The molecule has 2 aromatic rings. The average molecular weight is 539 g/mol. The smallest absolute Gasteiger partial charge is 0.380 e. The van der Waals surface area contributed by atoms with E-state index in [1.807, 2.05) is 12.1 Å². The highest BCUT2D eigenvalue weighted by molar-refractivity contribution is 7.88. The first-order chi connectivity index (χ1) is 17.2. The molecule has 2 N–H and O–H groups in total. The van der Waals surface area contributed by atoms with E-state index in [4.69, 9.17) is 0 Å². The van der Waals surface area contributed by atoms with Gasteiger partial charge in [0.2, 0.25) is 15.9 Å². The highest BCUT2D eigenvalue weighted by atomic mass is 32.2. The third-order valence-corrected chi connectivity index (χ3v) is 8.38. The van der Waals surface area contributed by atoms with Gasteiger partial charge in [-0.3, -0.25) is 9.78 Å². The summed E-state index contributed by atoms with van der Waals surface area (Å²) in [6.45, 7) is 4.27. The van der Waals surface area contributed by atoms with E-state index >= 15 is 0 Å². The summed E-state index contributed by atoms with van der Waals surface area (Å²) in [4.78, 5) is 17.8. The molecule has 4 rings (SSSR count). The van der Waals surface area contributed by atoms with Gasteiger partial charge >= 0.3 is 6.18 Å². The number of alkyl halides is 3. The van der Waals surface area contributed by atoms with E-state index in [1.165, 1.54) is 23.4 Å². The SMILES string of the molecule is CN(C(=O)C1CCC(NS(C)(=O)=O)C1)[C@@H](c1ccc(N[C@H]2Cc3ccccc3C2(C)C)cn1)C(F)(F)F. The van der Waals surface area contributed by atoms with Crippen molar-refractivity contribution in [2.45, 2.75) is 69.2 Å². The number of rotatable bonds is 7. The average Bonchev–Trinajstić information content (AvgIpc) is 3.34. The van der Waals surface area contributed by atoms with Crippen molar-refractivity contribution in [1.29, 1.82) is 0 Å². The van der Waals surface area contributed by atoms with E-state index in [1.54, 1.807) is 6.07 Å². The maximum Gasteiger partial charge on any atom is 0.414 e. The van der Waals surface area contributed by atoms with E-state index in [-0.39, 0.29) is 23.6 Å². The fraction of sp³-hybridized carbons (Fsp3) is 0.538. The Morgan fingerprint density at radius 2 is 1.86 bits per heavy atom. The third-order valence-electron chi connectivity index (χ3n) is 7.62. The van der Waals surface area contributed by atoms with Gasteiger partial charge in [0.25, 0.3) is 0 Å². The number of aromatic nitrogens is 1. The lowest BCUT2D eigenvalue weighted by Gasteiger charge is -2.32. The Hall–Kier alpha value is -2.66. The molecule has 1 fully saturated rings. The Balaban J connectivity index is 1.47. The molecule has 1 aromatic heterocycles. The van der Waals surface area contributed by atoms with Crippen molar-refractivity contribution in [3.05, 3.63) is 59.4 Å². The highest BCUT2D eigenvalue weighted by Crippen LogP contribution is 2.41. The zero-order valence-electron chi connectivity index (χ0n) is 21.3. The maximum atomic E-state index is 14.1. The minimum absolute atomic E-state index is 0.0519. The summed E-state index contributed by atoms with van der Waals surface area (Å²) in [5.74, 6) is -1.36. The molecular weight excluding hydrogens is 505 g/mol. The molecule has 0 saturated heterocycles. The van der Waals surface area contributed by atoms with Gasteiger partial charge in [-0.2, -0.15) is 13.2 Å². The zero-order valence-corrected chi connectivity index (χ0v) is 22.2. The van der Waals surface area contributed by atoms with Crippen molar-refractivity contribution >= 4 is 21.6 Å². The molecule has 0 bridgehead atoms. The lowest BCUT2D eigenvalue weighted by Crippen LogP contribution is -2.43. The van der Waals surface area contributed by atoms with Crippen LogP contribution in [0.15, 0.2) is 42.6 Å². The molecule has 1 aromatic carbocycles. The lowest BCUT2D eigenvalue weighted by molar-refractivity contribution is -0.191. The largest absolute Gasteiger partial charge is 0.414 e. The van der Waals surface area contributed by atoms with Crippen LogP contribution in [0.5, 0.6) is 0 Å². The quantitative estimate of drug-likeness (QED) is 0.552. The highest BCUT2D eigenvalue weighted by Gasteiger charge is 2.48. The van der Waals surface area contributed by atoms with Gasteiger partial charge in [-0.25, -0.2) is 13.1 Å². The van der Waals surface area contributed by atoms with Gasteiger partial charge in [-0.15, -0.1) is 0 Å². The van der Waals surface area contributed by atoms with Crippen LogP contribution in [0.25, 0.3) is 0 Å². The Morgan fingerprint density at radius 1 is 1.16 bits per heavy atom. The summed E-state index contributed by atoms with van der Waals surface area (Å²) in [7, 11) is -2.34. The number of sulfonamides is 1. The minimum atomic E-state index is -4.73. The molecule has 1 saturated carbocycles. The number of benzene rings is 1. The van der Waals surface area contributed by atoms with Crippen LogP contribution in [-0.4, -0.2) is 55.8 Å². The zero-order chi connectivity index (χ0) is 27.2. The Bertz CT molecular complexity index is 1250. The molecule has 7 nitrogen and oxygen atoms in total. The number of carbonyl (C=O) groups is 1. The summed E-state index contributed by atoms with van der Waals surface area (Å²) in [5, 5.41) is 3.42. The third kappa shape index (κ3) is 5.93. The number of fused-ring (bicyclic) bond motifs is 1. The van der Waals surface area contributed by atoms with Crippen LogP contribution in [0.4, 0.5) is 18.9 Å². The minimum Gasteiger partial charge on any atom is -0.380 e. The lowest BCUT2D eigenvalue weighted by atomic mass is 9.83. The van der Waals surface area contributed by atoms with Gasteiger partial charge in [0, 0.05) is 30.5 Å². The van der Waals surface area contributed by atoms with Crippen LogP contribution in [0.1, 0.15) is 56.0 Å². The summed E-state index contributed by atoms with van der Waals surface area (Å²) in [5.41, 5.74) is 2.66. The van der Waals surface area contributed by atoms with E-state index in [9.17, 15) is 26.4 Å². The molecule has 202 valence electrons. The molecular formula is C26H33F3N4O3S. The fourth-order valence-electron chi connectivity index (χ4n) is 5.69. The van der Waals surface area contributed by atoms with Gasteiger partial charge in [-0.1, -0.05) is 38.1 Å².